The molecule has 1 fully saturated rings. The lowest BCUT2D eigenvalue weighted by molar-refractivity contribution is 0.204. The van der Waals surface area contributed by atoms with E-state index in [0.717, 1.165) is 25.9 Å². The minimum absolute atomic E-state index is 0.357. The van der Waals surface area contributed by atoms with Gasteiger partial charge in [0.2, 0.25) is 0 Å². The van der Waals surface area contributed by atoms with Crippen LogP contribution >= 0.6 is 0 Å². The van der Waals surface area contributed by atoms with Crippen molar-refractivity contribution in [3.8, 4) is 0 Å². The first-order valence-corrected chi connectivity index (χ1v) is 7.80. The molecule has 0 radical (unpaired) electrons. The van der Waals surface area contributed by atoms with E-state index in [9.17, 15) is 0 Å². The van der Waals surface area contributed by atoms with Crippen LogP contribution in [0.3, 0.4) is 0 Å². The van der Waals surface area contributed by atoms with Crippen molar-refractivity contribution in [1.82, 2.24) is 4.90 Å². The summed E-state index contributed by atoms with van der Waals surface area (Å²) in [6, 6.07) is 0. The molecule has 3 heteroatoms. The van der Waals surface area contributed by atoms with E-state index in [1.807, 2.05) is 0 Å². The molecule has 0 unspecified atom stereocenters. The number of nitrogens with two attached hydrogens (primary N) is 1. The molecule has 1 heterocycles. The second-order valence-corrected chi connectivity index (χ2v) is 5.69. The molecule has 1 aliphatic rings. The van der Waals surface area contributed by atoms with Gasteiger partial charge in [-0.3, -0.25) is 5.41 Å². The van der Waals surface area contributed by atoms with E-state index in [-0.39, 0.29) is 0 Å². The van der Waals surface area contributed by atoms with Gasteiger partial charge in [0.05, 0.1) is 5.84 Å². The molecule has 1 aliphatic heterocycles. The zero-order valence-corrected chi connectivity index (χ0v) is 12.1. The SMILES string of the molecule is CCCCCCCCCN1CCC(C(=N)N)CC1. The lowest BCUT2D eigenvalue weighted by Gasteiger charge is -2.31. The topological polar surface area (TPSA) is 53.1 Å². The van der Waals surface area contributed by atoms with E-state index in [4.69, 9.17) is 11.1 Å². The molecule has 18 heavy (non-hydrogen) atoms. The highest BCUT2D eigenvalue weighted by atomic mass is 15.1. The number of nitrogens with zero attached hydrogens (tertiary/aromatic N) is 1. The summed E-state index contributed by atoms with van der Waals surface area (Å²) >= 11 is 0. The van der Waals surface area contributed by atoms with Crippen molar-refractivity contribution in [1.29, 1.82) is 5.41 Å². The standard InChI is InChI=1S/C15H31N3/c1-2-3-4-5-6-7-8-11-18-12-9-14(10-13-18)15(16)17/h14H,2-13H2,1H3,(H3,16,17). The van der Waals surface area contributed by atoms with Gasteiger partial charge in [-0.15, -0.1) is 0 Å². The highest BCUT2D eigenvalue weighted by Gasteiger charge is 2.20. The van der Waals surface area contributed by atoms with E-state index >= 15 is 0 Å². The van der Waals surface area contributed by atoms with Crippen molar-refractivity contribution < 1.29 is 0 Å². The summed E-state index contributed by atoms with van der Waals surface area (Å²) in [6.07, 6.45) is 11.9. The molecule has 3 N–H and O–H groups in total. The fraction of sp³-hybridized carbons (Fsp3) is 0.933. The van der Waals surface area contributed by atoms with Crippen LogP contribution in [0, 0.1) is 11.3 Å². The summed E-state index contributed by atoms with van der Waals surface area (Å²) in [5.74, 6) is 0.751. The first-order chi connectivity index (χ1) is 8.74. The highest BCUT2D eigenvalue weighted by molar-refractivity contribution is 5.79. The molecule has 106 valence electrons. The summed E-state index contributed by atoms with van der Waals surface area (Å²) in [4.78, 5) is 2.55. The Morgan fingerprint density at radius 2 is 1.61 bits per heavy atom. The summed E-state index contributed by atoms with van der Waals surface area (Å²) in [5.41, 5.74) is 5.56. The molecule has 0 aromatic heterocycles. The molecule has 0 aromatic rings. The van der Waals surface area contributed by atoms with E-state index in [2.05, 4.69) is 11.8 Å². The minimum Gasteiger partial charge on any atom is -0.387 e. The molecule has 0 saturated carbocycles. The number of hydrogen-bond donors (Lipinski definition) is 2. The molecule has 1 rings (SSSR count). The maximum atomic E-state index is 7.46. The van der Waals surface area contributed by atoms with Gasteiger partial charge in [-0.2, -0.15) is 0 Å². The fourth-order valence-electron chi connectivity index (χ4n) is 2.76. The van der Waals surface area contributed by atoms with Gasteiger partial charge >= 0.3 is 0 Å². The van der Waals surface area contributed by atoms with Crippen molar-refractivity contribution in [3.05, 3.63) is 0 Å². The van der Waals surface area contributed by atoms with Crippen LogP contribution < -0.4 is 5.73 Å². The van der Waals surface area contributed by atoms with Crippen molar-refractivity contribution in [2.24, 2.45) is 11.7 Å². The van der Waals surface area contributed by atoms with E-state index < -0.39 is 0 Å². The van der Waals surface area contributed by atoms with Crippen molar-refractivity contribution in [3.63, 3.8) is 0 Å². The molecular formula is C15H31N3. The largest absolute Gasteiger partial charge is 0.387 e. The van der Waals surface area contributed by atoms with Crippen LogP contribution in [0.4, 0.5) is 0 Å². The molecule has 0 bridgehead atoms. The Morgan fingerprint density at radius 3 is 2.17 bits per heavy atom. The summed E-state index contributed by atoms with van der Waals surface area (Å²) in [7, 11) is 0. The molecule has 1 saturated heterocycles. The first kappa shape index (κ1) is 15.5. The van der Waals surface area contributed by atoms with Crippen LogP contribution in [0.25, 0.3) is 0 Å². The third kappa shape index (κ3) is 6.39. The Kier molecular flexibility index (Phi) is 8.06. The monoisotopic (exact) mass is 253 g/mol. The van der Waals surface area contributed by atoms with Crippen LogP contribution in [-0.4, -0.2) is 30.4 Å². The number of nitrogens with one attached hydrogen (secondary N) is 1. The lowest BCUT2D eigenvalue weighted by atomic mass is 9.95. The van der Waals surface area contributed by atoms with E-state index in [0.29, 0.717) is 11.8 Å². The molecule has 0 amide bonds. The quantitative estimate of drug-likeness (QED) is 0.376. The molecular weight excluding hydrogens is 222 g/mol. The number of piperidine rings is 1. The number of amidine groups is 1. The van der Waals surface area contributed by atoms with Gasteiger partial charge in [0.1, 0.15) is 0 Å². The van der Waals surface area contributed by atoms with Gasteiger partial charge in [0.15, 0.2) is 0 Å². The summed E-state index contributed by atoms with van der Waals surface area (Å²) in [5, 5.41) is 7.46. The fourth-order valence-corrected chi connectivity index (χ4v) is 2.76. The van der Waals surface area contributed by atoms with Gasteiger partial charge in [0.25, 0.3) is 0 Å². The van der Waals surface area contributed by atoms with Crippen LogP contribution in [0.5, 0.6) is 0 Å². The van der Waals surface area contributed by atoms with Gasteiger partial charge in [-0.05, 0) is 38.9 Å². The van der Waals surface area contributed by atoms with Crippen molar-refractivity contribution in [2.45, 2.75) is 64.7 Å². The Morgan fingerprint density at radius 1 is 1.06 bits per heavy atom. The van der Waals surface area contributed by atoms with Gasteiger partial charge < -0.3 is 10.6 Å². The molecule has 3 nitrogen and oxygen atoms in total. The van der Waals surface area contributed by atoms with Crippen molar-refractivity contribution in [2.75, 3.05) is 19.6 Å². The van der Waals surface area contributed by atoms with Crippen LogP contribution in [-0.2, 0) is 0 Å². The van der Waals surface area contributed by atoms with Crippen LogP contribution in [0.15, 0.2) is 0 Å². The highest BCUT2D eigenvalue weighted by Crippen LogP contribution is 2.17. The van der Waals surface area contributed by atoms with Crippen LogP contribution in [0.1, 0.15) is 64.7 Å². The van der Waals surface area contributed by atoms with Crippen molar-refractivity contribution >= 4 is 5.84 Å². The molecule has 0 aromatic carbocycles. The lowest BCUT2D eigenvalue weighted by Crippen LogP contribution is -2.38. The number of unbranched alkanes of at least 4 members (excludes halogenated alkanes) is 6. The number of rotatable bonds is 9. The second-order valence-electron chi connectivity index (χ2n) is 5.69. The first-order valence-electron chi connectivity index (χ1n) is 7.80. The number of hydrogen-bond acceptors (Lipinski definition) is 2. The van der Waals surface area contributed by atoms with E-state index in [1.54, 1.807) is 0 Å². The van der Waals surface area contributed by atoms with E-state index in [1.165, 1.54) is 51.5 Å². The second kappa shape index (κ2) is 9.37. The molecule has 0 spiro atoms. The normalized spacial score (nSPS) is 18.1. The molecule has 0 atom stereocenters. The zero-order chi connectivity index (χ0) is 13.2. The Bertz CT molecular complexity index is 220. The third-order valence-corrected chi connectivity index (χ3v) is 4.11. The van der Waals surface area contributed by atoms with Gasteiger partial charge in [-0.25, -0.2) is 0 Å². The predicted octanol–water partition coefficient (Wildman–Crippen LogP) is 3.38. The zero-order valence-electron chi connectivity index (χ0n) is 12.1. The maximum Gasteiger partial charge on any atom is 0.0937 e. The smallest absolute Gasteiger partial charge is 0.0937 e. The third-order valence-electron chi connectivity index (χ3n) is 4.11. The van der Waals surface area contributed by atoms with Gasteiger partial charge in [-0.1, -0.05) is 45.4 Å². The predicted molar refractivity (Wildman–Crippen MR) is 79.1 cm³/mol. The summed E-state index contributed by atoms with van der Waals surface area (Å²) in [6.45, 7) is 5.79. The Labute approximate surface area is 113 Å². The number of likely N-dealkylation sites (tertiary alicyclic amines) is 1. The van der Waals surface area contributed by atoms with Gasteiger partial charge in [0, 0.05) is 5.92 Å². The maximum absolute atomic E-state index is 7.46. The summed E-state index contributed by atoms with van der Waals surface area (Å²) < 4.78 is 0. The minimum atomic E-state index is 0.357. The Hall–Kier alpha value is -0.570. The average Bonchev–Trinajstić information content (AvgIpc) is 2.38. The average molecular weight is 253 g/mol. The Balaban J connectivity index is 1.93. The van der Waals surface area contributed by atoms with Crippen LogP contribution in [0.2, 0.25) is 0 Å². The molecule has 0 aliphatic carbocycles.